The maximum Gasteiger partial charge on any atom is 0.417 e. The normalized spacial score (nSPS) is 18.3. The van der Waals surface area contributed by atoms with Gasteiger partial charge in [0.1, 0.15) is 6.10 Å². The molecule has 0 aliphatic carbocycles. The molecule has 0 radical (unpaired) electrons. The van der Waals surface area contributed by atoms with Crippen LogP contribution in [-0.4, -0.2) is 45.2 Å². The summed E-state index contributed by atoms with van der Waals surface area (Å²) in [5.74, 6) is 0.384. The van der Waals surface area contributed by atoms with E-state index in [1.165, 1.54) is 22.8 Å². The zero-order valence-electron chi connectivity index (χ0n) is 14.8. The van der Waals surface area contributed by atoms with E-state index in [9.17, 15) is 13.2 Å². The maximum atomic E-state index is 13.4. The highest BCUT2D eigenvalue weighted by molar-refractivity contribution is 5.67. The van der Waals surface area contributed by atoms with E-state index in [4.69, 9.17) is 4.74 Å². The van der Waals surface area contributed by atoms with Crippen LogP contribution in [-0.2, 0) is 6.18 Å². The van der Waals surface area contributed by atoms with E-state index >= 15 is 0 Å². The van der Waals surface area contributed by atoms with Gasteiger partial charge in [-0.05, 0) is 25.1 Å². The summed E-state index contributed by atoms with van der Waals surface area (Å²) >= 11 is 0. The van der Waals surface area contributed by atoms with Gasteiger partial charge in [-0.15, -0.1) is 5.10 Å². The van der Waals surface area contributed by atoms with Crippen molar-refractivity contribution in [3.63, 3.8) is 0 Å². The van der Waals surface area contributed by atoms with Crippen LogP contribution < -0.4 is 4.74 Å². The van der Waals surface area contributed by atoms with Gasteiger partial charge in [-0.1, -0.05) is 25.1 Å². The fourth-order valence-corrected chi connectivity index (χ4v) is 3.41. The van der Waals surface area contributed by atoms with Gasteiger partial charge in [0.25, 0.3) is 0 Å². The average molecular weight is 376 g/mol. The predicted octanol–water partition coefficient (Wildman–Crippen LogP) is 3.89. The van der Waals surface area contributed by atoms with Crippen LogP contribution in [0, 0.1) is 0 Å². The lowest BCUT2D eigenvalue weighted by Crippen LogP contribution is -2.24. The third-order valence-electron chi connectivity index (χ3n) is 4.81. The highest BCUT2D eigenvalue weighted by Gasteiger charge is 2.34. The van der Waals surface area contributed by atoms with E-state index < -0.39 is 11.7 Å². The Kier molecular flexibility index (Phi) is 4.51. The summed E-state index contributed by atoms with van der Waals surface area (Å²) in [6, 6.07) is 8.84. The van der Waals surface area contributed by atoms with Gasteiger partial charge in [0.15, 0.2) is 5.65 Å². The van der Waals surface area contributed by atoms with E-state index in [1.807, 2.05) is 0 Å². The van der Waals surface area contributed by atoms with Crippen LogP contribution >= 0.6 is 0 Å². The van der Waals surface area contributed by atoms with Crippen LogP contribution in [0.4, 0.5) is 13.2 Å². The van der Waals surface area contributed by atoms with Crippen LogP contribution in [0.2, 0.25) is 0 Å². The van der Waals surface area contributed by atoms with Crippen molar-refractivity contribution < 1.29 is 17.9 Å². The molecule has 1 aromatic carbocycles. The molecule has 4 rings (SSSR count). The van der Waals surface area contributed by atoms with Gasteiger partial charge in [-0.3, -0.25) is 4.90 Å². The number of likely N-dealkylation sites (N-methyl/N-ethyl adjacent to an activating group) is 1. The summed E-state index contributed by atoms with van der Waals surface area (Å²) in [5, 5.41) is 4.40. The van der Waals surface area contributed by atoms with Crippen LogP contribution in [0.15, 0.2) is 42.6 Å². The second kappa shape index (κ2) is 6.84. The molecular formula is C19H19F3N4O. The average Bonchev–Trinajstić information content (AvgIpc) is 3.27. The van der Waals surface area contributed by atoms with Crippen LogP contribution in [0.1, 0.15) is 18.9 Å². The molecule has 0 saturated carbocycles. The van der Waals surface area contributed by atoms with E-state index in [-0.39, 0.29) is 17.4 Å². The molecule has 8 heteroatoms. The van der Waals surface area contributed by atoms with Gasteiger partial charge >= 0.3 is 6.18 Å². The lowest BCUT2D eigenvalue weighted by Gasteiger charge is -2.15. The monoisotopic (exact) mass is 376 g/mol. The number of alkyl halides is 3. The van der Waals surface area contributed by atoms with Gasteiger partial charge < -0.3 is 4.74 Å². The number of halogens is 3. The fourth-order valence-electron chi connectivity index (χ4n) is 3.41. The lowest BCUT2D eigenvalue weighted by molar-refractivity contribution is -0.137. The summed E-state index contributed by atoms with van der Waals surface area (Å²) in [5.41, 5.74) is 0.0791. The summed E-state index contributed by atoms with van der Waals surface area (Å²) in [6.45, 7) is 4.86. The number of ether oxygens (including phenoxy) is 1. The summed E-state index contributed by atoms with van der Waals surface area (Å²) in [4.78, 5) is 6.47. The van der Waals surface area contributed by atoms with Gasteiger partial charge in [0, 0.05) is 24.7 Å². The molecule has 1 unspecified atom stereocenters. The zero-order chi connectivity index (χ0) is 19.0. The first-order valence-corrected chi connectivity index (χ1v) is 8.86. The van der Waals surface area contributed by atoms with Gasteiger partial charge in [-0.2, -0.15) is 13.2 Å². The molecular weight excluding hydrogens is 357 g/mol. The molecule has 0 amide bonds. The second-order valence-electron chi connectivity index (χ2n) is 6.55. The number of nitrogens with zero attached hydrogens (tertiary/aromatic N) is 4. The number of imidazole rings is 1. The van der Waals surface area contributed by atoms with Crippen molar-refractivity contribution in [2.75, 3.05) is 19.6 Å². The van der Waals surface area contributed by atoms with Crippen LogP contribution in [0.5, 0.6) is 5.88 Å². The summed E-state index contributed by atoms with van der Waals surface area (Å²) in [7, 11) is 0. The van der Waals surface area contributed by atoms with E-state index in [1.54, 1.807) is 18.2 Å². The van der Waals surface area contributed by atoms with Crippen molar-refractivity contribution >= 4 is 5.65 Å². The Morgan fingerprint density at radius 2 is 2.00 bits per heavy atom. The second-order valence-corrected chi connectivity index (χ2v) is 6.55. The highest BCUT2D eigenvalue weighted by Crippen LogP contribution is 2.37. The van der Waals surface area contributed by atoms with Crippen LogP contribution in [0.3, 0.4) is 0 Å². The minimum Gasteiger partial charge on any atom is -0.472 e. The Morgan fingerprint density at radius 3 is 2.74 bits per heavy atom. The molecule has 2 aromatic heterocycles. The standard InChI is InChI=1S/C19H19F3N4O/c1-2-25-10-9-13(12-25)27-18-8-7-17-23-11-16(26(17)24-18)14-5-3-4-6-15(14)19(20,21)22/h3-8,11,13H,2,9-10,12H2,1H3. The first-order valence-electron chi connectivity index (χ1n) is 8.86. The maximum absolute atomic E-state index is 13.4. The Balaban J connectivity index is 1.70. The molecule has 0 spiro atoms. The molecule has 1 fully saturated rings. The number of hydrogen-bond donors (Lipinski definition) is 0. The minimum atomic E-state index is -4.46. The number of rotatable bonds is 4. The first-order chi connectivity index (χ1) is 13.0. The molecule has 0 N–H and O–H groups in total. The van der Waals surface area contributed by atoms with Crippen molar-refractivity contribution in [3.05, 3.63) is 48.2 Å². The Hall–Kier alpha value is -2.61. The number of aromatic nitrogens is 3. The zero-order valence-corrected chi connectivity index (χ0v) is 14.8. The van der Waals surface area contributed by atoms with E-state index in [0.717, 1.165) is 32.1 Å². The molecule has 3 heterocycles. The minimum absolute atomic E-state index is 0.0318. The number of hydrogen-bond acceptors (Lipinski definition) is 4. The Morgan fingerprint density at radius 1 is 1.19 bits per heavy atom. The van der Waals surface area contributed by atoms with Crippen LogP contribution in [0.25, 0.3) is 16.9 Å². The Bertz CT molecular complexity index is 954. The molecule has 1 aliphatic rings. The largest absolute Gasteiger partial charge is 0.472 e. The molecule has 27 heavy (non-hydrogen) atoms. The molecule has 3 aromatic rings. The Labute approximate surface area is 154 Å². The topological polar surface area (TPSA) is 42.7 Å². The summed E-state index contributed by atoms with van der Waals surface area (Å²) < 4.78 is 47.5. The molecule has 5 nitrogen and oxygen atoms in total. The molecule has 142 valence electrons. The SMILES string of the molecule is CCN1CCC(Oc2ccc3ncc(-c4ccccc4C(F)(F)F)n3n2)C1. The molecule has 0 bridgehead atoms. The van der Waals surface area contributed by atoms with Crippen molar-refractivity contribution in [1.82, 2.24) is 19.5 Å². The highest BCUT2D eigenvalue weighted by atomic mass is 19.4. The van der Waals surface area contributed by atoms with Crippen molar-refractivity contribution in [1.29, 1.82) is 0 Å². The quantitative estimate of drug-likeness (QED) is 0.693. The lowest BCUT2D eigenvalue weighted by atomic mass is 10.0. The van der Waals surface area contributed by atoms with Crippen molar-refractivity contribution in [3.8, 4) is 17.1 Å². The van der Waals surface area contributed by atoms with Crippen molar-refractivity contribution in [2.45, 2.75) is 25.6 Å². The molecule has 1 saturated heterocycles. The molecule has 1 aliphatic heterocycles. The number of benzene rings is 1. The van der Waals surface area contributed by atoms with E-state index in [0.29, 0.717) is 11.5 Å². The molecule has 1 atom stereocenters. The summed E-state index contributed by atoms with van der Waals surface area (Å²) in [6.07, 6.45) is -2.11. The van der Waals surface area contributed by atoms with Gasteiger partial charge in [0.2, 0.25) is 5.88 Å². The third kappa shape index (κ3) is 3.49. The number of likely N-dealkylation sites (tertiary alicyclic amines) is 1. The fraction of sp³-hybridized carbons (Fsp3) is 0.368. The predicted molar refractivity (Wildman–Crippen MR) is 94.6 cm³/mol. The van der Waals surface area contributed by atoms with Gasteiger partial charge in [0.05, 0.1) is 17.5 Å². The first kappa shape index (κ1) is 17.8. The number of fused-ring (bicyclic) bond motifs is 1. The smallest absolute Gasteiger partial charge is 0.417 e. The van der Waals surface area contributed by atoms with E-state index in [2.05, 4.69) is 21.9 Å². The van der Waals surface area contributed by atoms with Gasteiger partial charge in [-0.25, -0.2) is 9.50 Å². The third-order valence-corrected chi connectivity index (χ3v) is 4.81. The van der Waals surface area contributed by atoms with Crippen molar-refractivity contribution in [2.24, 2.45) is 0 Å².